The van der Waals surface area contributed by atoms with Crippen molar-refractivity contribution < 1.29 is 9.47 Å². The summed E-state index contributed by atoms with van der Waals surface area (Å²) in [5, 5.41) is 0. The number of ether oxygens (including phenoxy) is 2. The summed E-state index contributed by atoms with van der Waals surface area (Å²) in [6.45, 7) is 2.00. The van der Waals surface area contributed by atoms with Crippen molar-refractivity contribution in [3.8, 4) is 5.75 Å². The first-order valence-corrected chi connectivity index (χ1v) is 5.50. The summed E-state index contributed by atoms with van der Waals surface area (Å²) in [6, 6.07) is 7.74. The molecule has 0 unspecified atom stereocenters. The van der Waals surface area contributed by atoms with E-state index in [9.17, 15) is 0 Å². The third-order valence-electron chi connectivity index (χ3n) is 1.88. The molecule has 0 bridgehead atoms. The van der Waals surface area contributed by atoms with Crippen LogP contribution < -0.4 is 4.74 Å². The van der Waals surface area contributed by atoms with E-state index >= 15 is 0 Å². The topological polar surface area (TPSA) is 18.5 Å². The Hall–Kier alpha value is -0.540. The lowest BCUT2D eigenvalue weighted by atomic mass is 10.3. The molecule has 1 aliphatic heterocycles. The lowest BCUT2D eigenvalue weighted by molar-refractivity contribution is 0.198. The Morgan fingerprint density at radius 2 is 1.86 bits per heavy atom. The third kappa shape index (κ3) is 4.11. The number of rotatable bonds is 1. The minimum absolute atomic E-state index is 0.873. The van der Waals surface area contributed by atoms with E-state index in [1.807, 2.05) is 24.3 Å². The van der Waals surface area contributed by atoms with Crippen molar-refractivity contribution in [3.05, 3.63) is 28.7 Å². The maximum atomic E-state index is 5.00. The van der Waals surface area contributed by atoms with Gasteiger partial charge in [-0.3, -0.25) is 0 Å². The highest BCUT2D eigenvalue weighted by Gasteiger charge is 1.94. The Labute approximate surface area is 93.4 Å². The Morgan fingerprint density at radius 3 is 2.21 bits per heavy atom. The van der Waals surface area contributed by atoms with Crippen molar-refractivity contribution >= 4 is 15.9 Å². The van der Waals surface area contributed by atoms with Crippen molar-refractivity contribution in [2.75, 3.05) is 20.3 Å². The molecule has 0 N–H and O–H groups in total. The molecule has 0 aliphatic carbocycles. The molecule has 1 heterocycles. The highest BCUT2D eigenvalue weighted by Crippen LogP contribution is 2.22. The summed E-state index contributed by atoms with van der Waals surface area (Å²) in [7, 11) is 1.65. The van der Waals surface area contributed by atoms with E-state index < -0.39 is 0 Å². The second-order valence-electron chi connectivity index (χ2n) is 2.95. The van der Waals surface area contributed by atoms with Gasteiger partial charge in [-0.05, 0) is 40.9 Å². The molecule has 1 saturated heterocycles. The summed E-state index contributed by atoms with van der Waals surface area (Å²) in [4.78, 5) is 0. The number of benzene rings is 1. The Balaban J connectivity index is 0.000000165. The van der Waals surface area contributed by atoms with Crippen molar-refractivity contribution in [3.63, 3.8) is 0 Å². The molecule has 2 nitrogen and oxygen atoms in total. The lowest BCUT2D eigenvalue weighted by Crippen LogP contribution is -1.81. The summed E-state index contributed by atoms with van der Waals surface area (Å²) in [5.74, 6) is 0.873. The Bertz CT molecular complexity index is 252. The third-order valence-corrected chi connectivity index (χ3v) is 2.54. The fourth-order valence-corrected chi connectivity index (χ4v) is 1.57. The van der Waals surface area contributed by atoms with Gasteiger partial charge in [0.15, 0.2) is 0 Å². The van der Waals surface area contributed by atoms with Crippen LogP contribution in [0.3, 0.4) is 0 Å². The molecule has 14 heavy (non-hydrogen) atoms. The van der Waals surface area contributed by atoms with Crippen LogP contribution >= 0.6 is 15.9 Å². The molecular formula is C11H15BrO2. The van der Waals surface area contributed by atoms with Gasteiger partial charge in [0.2, 0.25) is 0 Å². The van der Waals surface area contributed by atoms with Crippen LogP contribution in [-0.4, -0.2) is 20.3 Å². The van der Waals surface area contributed by atoms with Gasteiger partial charge in [-0.15, -0.1) is 0 Å². The van der Waals surface area contributed by atoms with E-state index in [1.54, 1.807) is 7.11 Å². The van der Waals surface area contributed by atoms with Gasteiger partial charge in [-0.25, -0.2) is 0 Å². The first-order chi connectivity index (χ1) is 6.84. The summed E-state index contributed by atoms with van der Waals surface area (Å²) in [5.41, 5.74) is 0. The van der Waals surface area contributed by atoms with Gasteiger partial charge in [0.05, 0.1) is 11.6 Å². The van der Waals surface area contributed by atoms with Crippen molar-refractivity contribution in [1.82, 2.24) is 0 Å². The zero-order valence-corrected chi connectivity index (χ0v) is 9.92. The van der Waals surface area contributed by atoms with Gasteiger partial charge < -0.3 is 9.47 Å². The standard InChI is InChI=1S/C7H7BrO.C4H8O/c1-9-7-5-3-2-4-6(7)8;1-2-4-5-3-1/h2-5H,1H3;1-4H2. The molecule has 0 saturated carbocycles. The zero-order chi connectivity index (χ0) is 10.2. The lowest BCUT2D eigenvalue weighted by Gasteiger charge is -1.99. The highest BCUT2D eigenvalue weighted by molar-refractivity contribution is 9.10. The van der Waals surface area contributed by atoms with Gasteiger partial charge >= 0.3 is 0 Å². The number of hydrogen-bond acceptors (Lipinski definition) is 2. The molecule has 1 aromatic carbocycles. The van der Waals surface area contributed by atoms with Crippen LogP contribution in [0, 0.1) is 0 Å². The molecule has 0 aromatic heterocycles. The van der Waals surface area contributed by atoms with Gasteiger partial charge in [0, 0.05) is 13.2 Å². The average molecular weight is 259 g/mol. The Morgan fingerprint density at radius 1 is 1.21 bits per heavy atom. The number of hydrogen-bond donors (Lipinski definition) is 0. The van der Waals surface area contributed by atoms with Crippen LogP contribution in [-0.2, 0) is 4.74 Å². The van der Waals surface area contributed by atoms with Crippen molar-refractivity contribution in [2.45, 2.75) is 12.8 Å². The molecule has 78 valence electrons. The van der Waals surface area contributed by atoms with Crippen LogP contribution in [0.2, 0.25) is 0 Å². The van der Waals surface area contributed by atoms with Crippen LogP contribution in [0.5, 0.6) is 5.75 Å². The quantitative estimate of drug-likeness (QED) is 0.770. The Kier molecular flexibility index (Phi) is 5.64. The summed E-state index contributed by atoms with van der Waals surface area (Å²) < 4.78 is 10.9. The van der Waals surface area contributed by atoms with E-state index in [1.165, 1.54) is 12.8 Å². The normalized spacial score (nSPS) is 14.4. The smallest absolute Gasteiger partial charge is 0.133 e. The van der Waals surface area contributed by atoms with Crippen LogP contribution in [0.15, 0.2) is 28.7 Å². The zero-order valence-electron chi connectivity index (χ0n) is 8.33. The van der Waals surface area contributed by atoms with E-state index in [4.69, 9.17) is 9.47 Å². The predicted octanol–water partition coefficient (Wildman–Crippen LogP) is 3.25. The first kappa shape index (κ1) is 11.5. The van der Waals surface area contributed by atoms with Crippen LogP contribution in [0.1, 0.15) is 12.8 Å². The largest absolute Gasteiger partial charge is 0.496 e. The summed E-state index contributed by atoms with van der Waals surface area (Å²) >= 11 is 3.33. The van der Waals surface area contributed by atoms with Crippen molar-refractivity contribution in [2.24, 2.45) is 0 Å². The predicted molar refractivity (Wildman–Crippen MR) is 60.7 cm³/mol. The number of halogens is 1. The molecule has 1 aliphatic rings. The molecule has 3 heteroatoms. The van der Waals surface area contributed by atoms with E-state index in [0.717, 1.165) is 23.4 Å². The minimum Gasteiger partial charge on any atom is -0.496 e. The molecule has 0 atom stereocenters. The van der Waals surface area contributed by atoms with Gasteiger partial charge in [-0.2, -0.15) is 0 Å². The van der Waals surface area contributed by atoms with E-state index in [-0.39, 0.29) is 0 Å². The van der Waals surface area contributed by atoms with Gasteiger partial charge in [-0.1, -0.05) is 12.1 Å². The monoisotopic (exact) mass is 258 g/mol. The SMILES string of the molecule is C1CCOC1.COc1ccccc1Br. The second kappa shape index (κ2) is 6.85. The number of methoxy groups -OCH3 is 1. The molecule has 1 aromatic rings. The molecule has 0 radical (unpaired) electrons. The molecule has 1 fully saturated rings. The maximum Gasteiger partial charge on any atom is 0.133 e. The molecule has 2 rings (SSSR count). The maximum absolute atomic E-state index is 5.00. The van der Waals surface area contributed by atoms with Gasteiger partial charge in [0.1, 0.15) is 5.75 Å². The highest BCUT2D eigenvalue weighted by atomic mass is 79.9. The van der Waals surface area contributed by atoms with Crippen molar-refractivity contribution in [1.29, 1.82) is 0 Å². The summed E-state index contributed by atoms with van der Waals surface area (Å²) in [6.07, 6.45) is 2.56. The van der Waals surface area contributed by atoms with Crippen LogP contribution in [0.25, 0.3) is 0 Å². The molecule has 0 spiro atoms. The van der Waals surface area contributed by atoms with Crippen LogP contribution in [0.4, 0.5) is 0 Å². The fourth-order valence-electron chi connectivity index (χ4n) is 1.12. The van der Waals surface area contributed by atoms with E-state index in [2.05, 4.69) is 15.9 Å². The second-order valence-corrected chi connectivity index (χ2v) is 3.81. The number of para-hydroxylation sites is 1. The van der Waals surface area contributed by atoms with E-state index in [0.29, 0.717) is 0 Å². The fraction of sp³-hybridized carbons (Fsp3) is 0.455. The first-order valence-electron chi connectivity index (χ1n) is 4.71. The molecule has 0 amide bonds. The molecular weight excluding hydrogens is 244 g/mol. The van der Waals surface area contributed by atoms with Gasteiger partial charge in [0.25, 0.3) is 0 Å². The average Bonchev–Trinajstić information content (AvgIpc) is 2.76. The minimum atomic E-state index is 0.873.